The van der Waals surface area contributed by atoms with Crippen LogP contribution in [0.4, 0.5) is 10.5 Å². The van der Waals surface area contributed by atoms with Gasteiger partial charge in [-0.15, -0.1) is 0 Å². The fourth-order valence-electron chi connectivity index (χ4n) is 1.78. The lowest BCUT2D eigenvalue weighted by Gasteiger charge is -2.30. The van der Waals surface area contributed by atoms with Crippen LogP contribution in [0.5, 0.6) is 0 Å². The van der Waals surface area contributed by atoms with Crippen LogP contribution in [-0.4, -0.2) is 28.8 Å². The monoisotopic (exact) mass is 320 g/mol. The highest BCUT2D eigenvalue weighted by Gasteiger charge is 2.31. The van der Waals surface area contributed by atoms with Gasteiger partial charge in [0.2, 0.25) is 0 Å². The van der Waals surface area contributed by atoms with E-state index in [4.69, 9.17) is 10.3 Å². The number of nitrogens with zero attached hydrogens (tertiary/aromatic N) is 4. The van der Waals surface area contributed by atoms with Crippen molar-refractivity contribution in [2.45, 2.75) is 45.9 Å². The summed E-state index contributed by atoms with van der Waals surface area (Å²) in [5.74, 6) is -1.14. The number of carboxylic acids is 1. The molecule has 0 aliphatic carbocycles. The van der Waals surface area contributed by atoms with Crippen molar-refractivity contribution in [1.82, 2.24) is 0 Å². The van der Waals surface area contributed by atoms with Gasteiger partial charge in [-0.1, -0.05) is 17.2 Å². The highest BCUT2D eigenvalue weighted by molar-refractivity contribution is 5.95. The number of amides is 1. The van der Waals surface area contributed by atoms with Crippen molar-refractivity contribution in [1.29, 1.82) is 0 Å². The van der Waals surface area contributed by atoms with Gasteiger partial charge in [0.15, 0.2) is 0 Å². The van der Waals surface area contributed by atoms with E-state index in [1.807, 2.05) is 0 Å². The van der Waals surface area contributed by atoms with Crippen molar-refractivity contribution in [3.63, 3.8) is 0 Å². The number of benzene rings is 1. The fourth-order valence-corrected chi connectivity index (χ4v) is 1.78. The summed E-state index contributed by atoms with van der Waals surface area (Å²) in [5.41, 5.74) is 8.70. The Labute approximate surface area is 134 Å². The fraction of sp³-hybridized carbons (Fsp3) is 0.467. The highest BCUT2D eigenvalue weighted by atomic mass is 16.6. The molecule has 1 atom stereocenters. The summed E-state index contributed by atoms with van der Waals surface area (Å²) in [4.78, 5) is 27.4. The first kappa shape index (κ1) is 18.3. The van der Waals surface area contributed by atoms with Crippen LogP contribution in [-0.2, 0) is 16.1 Å². The first-order chi connectivity index (χ1) is 10.7. The minimum atomic E-state index is -1.14. The molecule has 0 spiro atoms. The molecule has 8 nitrogen and oxygen atoms in total. The number of azide groups is 1. The third kappa shape index (κ3) is 5.52. The van der Waals surface area contributed by atoms with Gasteiger partial charge in [-0.2, -0.15) is 0 Å². The third-order valence-corrected chi connectivity index (χ3v) is 2.87. The molecular formula is C15H20N4O4. The molecule has 0 aliphatic rings. The van der Waals surface area contributed by atoms with Gasteiger partial charge < -0.3 is 9.84 Å². The van der Waals surface area contributed by atoms with Crippen LogP contribution >= 0.6 is 0 Å². The van der Waals surface area contributed by atoms with Crippen LogP contribution in [0.3, 0.4) is 0 Å². The predicted molar refractivity (Wildman–Crippen MR) is 85.1 cm³/mol. The SMILES string of the molecule is C[C@@H](C(=O)O)N(C(=O)OC(C)(C)C)c1ccc(CN=[N+]=[N-])cc1. The molecule has 0 bridgehead atoms. The lowest BCUT2D eigenvalue weighted by atomic mass is 10.1. The van der Waals surface area contributed by atoms with Crippen LogP contribution in [0.15, 0.2) is 29.4 Å². The molecule has 1 rings (SSSR count). The Balaban J connectivity index is 3.11. The van der Waals surface area contributed by atoms with Crippen LogP contribution in [0.1, 0.15) is 33.3 Å². The van der Waals surface area contributed by atoms with Crippen LogP contribution < -0.4 is 4.90 Å². The molecule has 0 saturated heterocycles. The van der Waals surface area contributed by atoms with E-state index >= 15 is 0 Å². The maximum atomic E-state index is 12.3. The average Bonchev–Trinajstić information content (AvgIpc) is 2.44. The average molecular weight is 320 g/mol. The smallest absolute Gasteiger partial charge is 0.415 e. The summed E-state index contributed by atoms with van der Waals surface area (Å²) in [6.45, 7) is 6.70. The van der Waals surface area contributed by atoms with Crippen molar-refractivity contribution in [3.05, 3.63) is 40.3 Å². The molecule has 0 aliphatic heterocycles. The first-order valence-corrected chi connectivity index (χ1v) is 7.00. The molecule has 23 heavy (non-hydrogen) atoms. The summed E-state index contributed by atoms with van der Waals surface area (Å²) in [6.07, 6.45) is -0.741. The van der Waals surface area contributed by atoms with Gasteiger partial charge in [-0.25, -0.2) is 9.59 Å². The molecule has 0 aromatic heterocycles. The van der Waals surface area contributed by atoms with E-state index in [-0.39, 0.29) is 6.54 Å². The Bertz CT molecular complexity index is 615. The number of anilines is 1. The summed E-state index contributed by atoms with van der Waals surface area (Å²) in [5, 5.41) is 12.7. The molecule has 1 aromatic rings. The van der Waals surface area contributed by atoms with E-state index in [1.54, 1.807) is 45.0 Å². The Morgan fingerprint density at radius 3 is 2.35 bits per heavy atom. The van der Waals surface area contributed by atoms with E-state index in [9.17, 15) is 14.7 Å². The van der Waals surface area contributed by atoms with Gasteiger partial charge in [0.1, 0.15) is 11.6 Å². The largest absolute Gasteiger partial charge is 0.480 e. The Morgan fingerprint density at radius 1 is 1.35 bits per heavy atom. The second-order valence-corrected chi connectivity index (χ2v) is 5.92. The molecule has 0 heterocycles. The maximum Gasteiger partial charge on any atom is 0.415 e. The van der Waals surface area contributed by atoms with E-state index in [2.05, 4.69) is 10.0 Å². The highest BCUT2D eigenvalue weighted by Crippen LogP contribution is 2.22. The molecule has 8 heteroatoms. The normalized spacial score (nSPS) is 12.0. The molecule has 1 amide bonds. The zero-order chi connectivity index (χ0) is 17.6. The first-order valence-electron chi connectivity index (χ1n) is 7.00. The number of carbonyl (C=O) groups is 2. The Morgan fingerprint density at radius 2 is 1.91 bits per heavy atom. The predicted octanol–water partition coefficient (Wildman–Crippen LogP) is 3.71. The molecule has 0 radical (unpaired) electrons. The number of carbonyl (C=O) groups excluding carboxylic acids is 1. The number of carboxylic acid groups (broad SMARTS) is 1. The van der Waals surface area contributed by atoms with Gasteiger partial charge in [0, 0.05) is 10.6 Å². The minimum Gasteiger partial charge on any atom is -0.480 e. The number of hydrogen-bond donors (Lipinski definition) is 1. The van der Waals surface area contributed by atoms with Crippen molar-refractivity contribution < 1.29 is 19.4 Å². The van der Waals surface area contributed by atoms with Crippen molar-refractivity contribution >= 4 is 17.7 Å². The van der Waals surface area contributed by atoms with Gasteiger partial charge in [0.25, 0.3) is 0 Å². The molecule has 1 N–H and O–H groups in total. The second-order valence-electron chi connectivity index (χ2n) is 5.92. The van der Waals surface area contributed by atoms with Gasteiger partial charge in [0.05, 0.1) is 6.54 Å². The van der Waals surface area contributed by atoms with Crippen LogP contribution in [0.25, 0.3) is 10.4 Å². The molecule has 1 aromatic carbocycles. The molecule has 0 fully saturated rings. The maximum absolute atomic E-state index is 12.3. The molecule has 0 unspecified atom stereocenters. The van der Waals surface area contributed by atoms with E-state index in [0.717, 1.165) is 10.5 Å². The third-order valence-electron chi connectivity index (χ3n) is 2.87. The standard InChI is InChI=1S/C15H20N4O4/c1-10(13(20)21)19(14(22)23-15(2,3)4)12-7-5-11(6-8-12)9-17-18-16/h5-8,10H,9H2,1-4H3,(H,20,21)/t10-/m0/s1. The number of hydrogen-bond acceptors (Lipinski definition) is 4. The number of rotatable bonds is 5. The second kappa shape index (κ2) is 7.51. The van der Waals surface area contributed by atoms with Crippen molar-refractivity contribution in [3.8, 4) is 0 Å². The zero-order valence-corrected chi connectivity index (χ0v) is 13.6. The van der Waals surface area contributed by atoms with Gasteiger partial charge in [-0.05, 0) is 50.9 Å². The van der Waals surface area contributed by atoms with Crippen LogP contribution in [0.2, 0.25) is 0 Å². The van der Waals surface area contributed by atoms with Crippen LogP contribution in [0, 0.1) is 0 Å². The summed E-state index contributed by atoms with van der Waals surface area (Å²) >= 11 is 0. The molecular weight excluding hydrogens is 300 g/mol. The lowest BCUT2D eigenvalue weighted by molar-refractivity contribution is -0.138. The van der Waals surface area contributed by atoms with E-state index in [1.165, 1.54) is 6.92 Å². The summed E-state index contributed by atoms with van der Waals surface area (Å²) in [7, 11) is 0. The van der Waals surface area contributed by atoms with Crippen molar-refractivity contribution in [2.75, 3.05) is 4.90 Å². The van der Waals surface area contributed by atoms with E-state index in [0.29, 0.717) is 5.69 Å². The van der Waals surface area contributed by atoms with Crippen molar-refractivity contribution in [2.24, 2.45) is 5.11 Å². The van der Waals surface area contributed by atoms with Gasteiger partial charge >= 0.3 is 12.1 Å². The van der Waals surface area contributed by atoms with E-state index < -0.39 is 23.7 Å². The lowest BCUT2D eigenvalue weighted by Crippen LogP contribution is -2.46. The molecule has 124 valence electrons. The number of aliphatic carboxylic acids is 1. The topological polar surface area (TPSA) is 116 Å². The zero-order valence-electron chi connectivity index (χ0n) is 13.6. The number of ether oxygens (including phenoxy) is 1. The summed E-state index contributed by atoms with van der Waals surface area (Å²) < 4.78 is 5.28. The minimum absolute atomic E-state index is 0.178. The Hall–Kier alpha value is -2.73. The summed E-state index contributed by atoms with van der Waals surface area (Å²) in [6, 6.07) is 5.41. The Kier molecular flexibility index (Phi) is 5.98. The van der Waals surface area contributed by atoms with Gasteiger partial charge in [-0.3, -0.25) is 4.90 Å². The quantitative estimate of drug-likeness (QED) is 0.505. The molecule has 0 saturated carbocycles.